The van der Waals surface area contributed by atoms with Gasteiger partial charge in [0.15, 0.2) is 5.79 Å². The van der Waals surface area contributed by atoms with Gasteiger partial charge < -0.3 is 14.0 Å². The van der Waals surface area contributed by atoms with Crippen molar-refractivity contribution < 1.29 is 9.47 Å². The second-order valence-corrected chi connectivity index (χ2v) is 7.11. The summed E-state index contributed by atoms with van der Waals surface area (Å²) in [7, 11) is 0. The number of aromatic nitrogens is 1. The van der Waals surface area contributed by atoms with E-state index in [0.29, 0.717) is 12.0 Å². The Morgan fingerprint density at radius 3 is 2.83 bits per heavy atom. The molecule has 0 N–H and O–H groups in total. The van der Waals surface area contributed by atoms with Gasteiger partial charge in [-0.3, -0.25) is 4.90 Å². The average Bonchev–Trinajstić information content (AvgIpc) is 3.19. The molecule has 3 aliphatic heterocycles. The lowest BCUT2D eigenvalue weighted by Gasteiger charge is -2.50. The summed E-state index contributed by atoms with van der Waals surface area (Å²) in [4.78, 5) is 2.65. The standard InChI is InChI=1S/C19H24N2O2/c1-2-15-13-20-7-8-21-16-6-4-3-5-14(16)11-17(21)18(20)12-19(15)22-9-10-23-19/h3-6,11,15,18H,2,7-10,12-13H2,1H3/t15-,18-/m0/s1. The van der Waals surface area contributed by atoms with Crippen LogP contribution in [0.2, 0.25) is 0 Å². The van der Waals surface area contributed by atoms with Crippen LogP contribution in [0.4, 0.5) is 0 Å². The third-order valence-corrected chi connectivity index (χ3v) is 6.06. The topological polar surface area (TPSA) is 26.6 Å². The maximum Gasteiger partial charge on any atom is 0.174 e. The number of rotatable bonds is 1. The summed E-state index contributed by atoms with van der Waals surface area (Å²) in [5, 5.41) is 1.35. The number of para-hydroxylation sites is 1. The Morgan fingerprint density at radius 1 is 1.17 bits per heavy atom. The Morgan fingerprint density at radius 2 is 2.00 bits per heavy atom. The zero-order chi connectivity index (χ0) is 15.4. The van der Waals surface area contributed by atoms with Crippen molar-refractivity contribution in [2.24, 2.45) is 5.92 Å². The molecule has 0 bridgehead atoms. The van der Waals surface area contributed by atoms with Crippen LogP contribution in [0.5, 0.6) is 0 Å². The number of fused-ring (bicyclic) bond motifs is 5. The first kappa shape index (κ1) is 14.0. The summed E-state index contributed by atoms with van der Waals surface area (Å²) in [6, 6.07) is 11.5. The van der Waals surface area contributed by atoms with Gasteiger partial charge in [-0.2, -0.15) is 0 Å². The molecule has 2 saturated heterocycles. The van der Waals surface area contributed by atoms with Crippen LogP contribution in [-0.4, -0.2) is 41.6 Å². The second-order valence-electron chi connectivity index (χ2n) is 7.11. The highest BCUT2D eigenvalue weighted by Crippen LogP contribution is 2.47. The second kappa shape index (κ2) is 5.07. The van der Waals surface area contributed by atoms with Gasteiger partial charge in [0, 0.05) is 43.2 Å². The Labute approximate surface area is 137 Å². The number of hydrogen-bond donors (Lipinski definition) is 0. The number of ether oxygens (including phenoxy) is 2. The van der Waals surface area contributed by atoms with Gasteiger partial charge in [0.1, 0.15) is 0 Å². The molecule has 2 aromatic rings. The molecule has 1 aromatic carbocycles. The molecule has 0 radical (unpaired) electrons. The van der Waals surface area contributed by atoms with Gasteiger partial charge in [0.2, 0.25) is 0 Å². The van der Waals surface area contributed by atoms with Crippen LogP contribution in [0.3, 0.4) is 0 Å². The molecule has 0 saturated carbocycles. The van der Waals surface area contributed by atoms with Crippen LogP contribution in [0.25, 0.3) is 10.9 Å². The molecule has 1 aromatic heterocycles. The molecule has 2 fully saturated rings. The van der Waals surface area contributed by atoms with Crippen molar-refractivity contribution in [3.63, 3.8) is 0 Å². The summed E-state index contributed by atoms with van der Waals surface area (Å²) in [5.74, 6) is 0.131. The van der Waals surface area contributed by atoms with Crippen LogP contribution < -0.4 is 0 Å². The van der Waals surface area contributed by atoms with Gasteiger partial charge in [-0.05, 0) is 23.9 Å². The largest absolute Gasteiger partial charge is 0.347 e. The Hall–Kier alpha value is -1.36. The number of hydrogen-bond acceptors (Lipinski definition) is 3. The summed E-state index contributed by atoms with van der Waals surface area (Å²) in [6.07, 6.45) is 2.08. The van der Waals surface area contributed by atoms with E-state index in [9.17, 15) is 0 Å². The van der Waals surface area contributed by atoms with Crippen molar-refractivity contribution in [3.8, 4) is 0 Å². The molecule has 4 heteroatoms. The molecule has 1 spiro atoms. The van der Waals surface area contributed by atoms with Gasteiger partial charge in [-0.1, -0.05) is 25.1 Å². The van der Waals surface area contributed by atoms with Crippen LogP contribution in [-0.2, 0) is 16.0 Å². The first-order chi connectivity index (χ1) is 11.3. The van der Waals surface area contributed by atoms with Crippen molar-refractivity contribution in [3.05, 3.63) is 36.0 Å². The SMILES string of the molecule is CC[C@H]1CN2CCn3c(cc4ccccc43)[C@@H]2CC12OCCO2. The third-order valence-electron chi connectivity index (χ3n) is 6.06. The summed E-state index contributed by atoms with van der Waals surface area (Å²) in [5.41, 5.74) is 2.80. The minimum atomic E-state index is -0.353. The minimum absolute atomic E-state index is 0.353. The fourth-order valence-corrected chi connectivity index (χ4v) is 4.90. The molecule has 2 atom stereocenters. The molecular formula is C19H24N2O2. The zero-order valence-corrected chi connectivity index (χ0v) is 13.7. The predicted molar refractivity (Wildman–Crippen MR) is 89.3 cm³/mol. The Kier molecular flexibility index (Phi) is 3.09. The van der Waals surface area contributed by atoms with Crippen LogP contribution in [0, 0.1) is 5.92 Å². The highest BCUT2D eigenvalue weighted by Gasteiger charge is 2.52. The summed E-state index contributed by atoms with van der Waals surface area (Å²) in [6.45, 7) is 7.05. The van der Waals surface area contributed by atoms with E-state index in [1.807, 2.05) is 0 Å². The highest BCUT2D eigenvalue weighted by molar-refractivity contribution is 5.81. The van der Waals surface area contributed by atoms with Crippen molar-refractivity contribution in [1.29, 1.82) is 0 Å². The van der Waals surface area contributed by atoms with Gasteiger partial charge in [0.25, 0.3) is 0 Å². The monoisotopic (exact) mass is 312 g/mol. The molecule has 5 rings (SSSR count). The molecule has 122 valence electrons. The van der Waals surface area contributed by atoms with Gasteiger partial charge >= 0.3 is 0 Å². The maximum atomic E-state index is 6.16. The van der Waals surface area contributed by atoms with E-state index in [0.717, 1.165) is 45.7 Å². The van der Waals surface area contributed by atoms with Crippen LogP contribution >= 0.6 is 0 Å². The first-order valence-corrected chi connectivity index (χ1v) is 8.91. The molecule has 4 heterocycles. The summed E-state index contributed by atoms with van der Waals surface area (Å²) >= 11 is 0. The fourth-order valence-electron chi connectivity index (χ4n) is 4.90. The molecule has 0 unspecified atom stereocenters. The summed E-state index contributed by atoms with van der Waals surface area (Å²) < 4.78 is 14.8. The Balaban J connectivity index is 1.58. The average molecular weight is 312 g/mol. The molecule has 3 aliphatic rings. The number of benzene rings is 1. The lowest BCUT2D eigenvalue weighted by Crippen LogP contribution is -2.55. The first-order valence-electron chi connectivity index (χ1n) is 8.91. The van der Waals surface area contributed by atoms with E-state index in [1.54, 1.807) is 0 Å². The van der Waals surface area contributed by atoms with E-state index in [4.69, 9.17) is 9.47 Å². The van der Waals surface area contributed by atoms with Gasteiger partial charge in [-0.15, -0.1) is 0 Å². The molecule has 0 aliphatic carbocycles. The number of piperidine rings is 1. The van der Waals surface area contributed by atoms with E-state index >= 15 is 0 Å². The maximum absolute atomic E-state index is 6.16. The zero-order valence-electron chi connectivity index (χ0n) is 13.7. The number of nitrogens with zero attached hydrogens (tertiary/aromatic N) is 2. The highest BCUT2D eigenvalue weighted by atomic mass is 16.7. The van der Waals surface area contributed by atoms with Crippen LogP contribution in [0.15, 0.2) is 30.3 Å². The molecular weight excluding hydrogens is 288 g/mol. The van der Waals surface area contributed by atoms with Crippen molar-refractivity contribution in [2.75, 3.05) is 26.3 Å². The van der Waals surface area contributed by atoms with Gasteiger partial charge in [-0.25, -0.2) is 0 Å². The Bertz CT molecular complexity index is 732. The van der Waals surface area contributed by atoms with Crippen molar-refractivity contribution >= 4 is 10.9 Å². The lowest BCUT2D eigenvalue weighted by molar-refractivity contribution is -0.235. The van der Waals surface area contributed by atoms with E-state index in [2.05, 4.69) is 46.7 Å². The van der Waals surface area contributed by atoms with E-state index in [1.165, 1.54) is 16.6 Å². The molecule has 0 amide bonds. The molecule has 4 nitrogen and oxygen atoms in total. The smallest absolute Gasteiger partial charge is 0.174 e. The van der Waals surface area contributed by atoms with Crippen molar-refractivity contribution in [2.45, 2.75) is 38.1 Å². The minimum Gasteiger partial charge on any atom is -0.347 e. The van der Waals surface area contributed by atoms with E-state index < -0.39 is 0 Å². The van der Waals surface area contributed by atoms with Crippen LogP contribution in [0.1, 0.15) is 31.5 Å². The predicted octanol–water partition coefficient (Wildman–Crippen LogP) is 3.17. The quantitative estimate of drug-likeness (QED) is 0.809. The fraction of sp³-hybridized carbons (Fsp3) is 0.579. The third kappa shape index (κ3) is 1.95. The van der Waals surface area contributed by atoms with Crippen molar-refractivity contribution in [1.82, 2.24) is 9.47 Å². The van der Waals surface area contributed by atoms with Gasteiger partial charge in [0.05, 0.1) is 19.3 Å². The van der Waals surface area contributed by atoms with E-state index in [-0.39, 0.29) is 5.79 Å². The normalized spacial score (nSPS) is 29.8. The lowest BCUT2D eigenvalue weighted by atomic mass is 9.82. The molecule has 23 heavy (non-hydrogen) atoms.